The second-order valence-electron chi connectivity index (χ2n) is 13.9. The second-order valence-corrected chi connectivity index (χ2v) is 13.9. The van der Waals surface area contributed by atoms with E-state index >= 15 is 0 Å². The van der Waals surface area contributed by atoms with E-state index < -0.39 is 0 Å². The zero-order valence-corrected chi connectivity index (χ0v) is 29.5. The quantitative estimate of drug-likeness (QED) is 0.163. The van der Waals surface area contributed by atoms with E-state index in [1.165, 1.54) is 10.8 Å². The first kappa shape index (κ1) is 30.7. The number of nitrogens with zero attached hydrogens (tertiary/aromatic N) is 5. The van der Waals surface area contributed by atoms with Gasteiger partial charge in [-0.05, 0) is 48.0 Å². The molecule has 0 radical (unpaired) electrons. The third-order valence-electron chi connectivity index (χ3n) is 11.0. The van der Waals surface area contributed by atoms with Gasteiger partial charge in [-0.25, -0.2) is 9.69 Å². The van der Waals surface area contributed by atoms with Gasteiger partial charge in [0.25, 0.3) is 0 Å². The molecule has 0 aliphatic carbocycles. The van der Waals surface area contributed by atoms with Crippen LogP contribution >= 0.6 is 0 Å². The fourth-order valence-corrected chi connectivity index (χ4v) is 8.82. The first-order valence-electron chi connectivity index (χ1n) is 18.3. The molecule has 11 aromatic rings. The molecule has 0 saturated heterocycles. The lowest BCUT2D eigenvalue weighted by atomic mass is 9.99. The van der Waals surface area contributed by atoms with E-state index in [9.17, 15) is 0 Å². The SMILES string of the molecule is [C-]#[N+]c1cc([N+]#[C-])cc(-c2ccc(-n3c4ccccc4c4ccccc43)c(-n3c4ccccc4c4ccccc43)c2-n2c3ccccc3c3ccccc32)c1. The summed E-state index contributed by atoms with van der Waals surface area (Å²) in [6, 6.07) is 61.7. The summed E-state index contributed by atoms with van der Waals surface area (Å²) >= 11 is 0. The lowest BCUT2D eigenvalue weighted by Crippen LogP contribution is -2.10. The topological polar surface area (TPSA) is 23.5 Å². The van der Waals surface area contributed by atoms with Gasteiger partial charge in [-0.1, -0.05) is 133 Å². The number of aromatic nitrogens is 3. The van der Waals surface area contributed by atoms with Gasteiger partial charge >= 0.3 is 0 Å². The summed E-state index contributed by atoms with van der Waals surface area (Å²) < 4.78 is 7.24. The standard InChI is InChI=1S/C50H29N5/c1-51-33-29-32(30-34(31-33)52-2)35-27-28-48(53-42-21-9-3-15-36(42)37-16-4-10-22-43(37)53)50(55-46-25-13-7-19-40(46)41-20-8-14-26-47(41)55)49(35)54-44-23-11-5-17-38(44)39-18-6-12-24-45(39)54/h3-31H. The number of hydrogen-bond donors (Lipinski definition) is 0. The van der Waals surface area contributed by atoms with Gasteiger partial charge in [-0.2, -0.15) is 0 Å². The molecule has 0 fully saturated rings. The maximum absolute atomic E-state index is 8.01. The van der Waals surface area contributed by atoms with Crippen molar-refractivity contribution in [2.45, 2.75) is 0 Å². The number of hydrogen-bond acceptors (Lipinski definition) is 0. The Bertz CT molecular complexity index is 3280. The normalized spacial score (nSPS) is 11.6. The Morgan fingerprint density at radius 3 is 1.02 bits per heavy atom. The molecule has 0 N–H and O–H groups in total. The van der Waals surface area contributed by atoms with Crippen molar-refractivity contribution in [2.24, 2.45) is 0 Å². The first-order chi connectivity index (χ1) is 27.2. The van der Waals surface area contributed by atoms with Crippen molar-refractivity contribution in [3.05, 3.63) is 199 Å². The maximum Gasteiger partial charge on any atom is 0.177 e. The molecule has 0 amide bonds. The summed E-state index contributed by atoms with van der Waals surface area (Å²) in [5.41, 5.74) is 12.1. The largest absolute Gasteiger partial charge is 0.307 e. The van der Waals surface area contributed by atoms with E-state index in [0.29, 0.717) is 11.4 Å². The Morgan fingerprint density at radius 2 is 0.655 bits per heavy atom. The molecule has 0 atom stereocenters. The third kappa shape index (κ3) is 4.39. The lowest BCUT2D eigenvalue weighted by Gasteiger charge is -2.25. The molecular weight excluding hydrogens is 671 g/mol. The van der Waals surface area contributed by atoms with Crippen LogP contribution in [0.2, 0.25) is 0 Å². The van der Waals surface area contributed by atoms with Crippen LogP contribution in [0.5, 0.6) is 0 Å². The van der Waals surface area contributed by atoms with Crippen molar-refractivity contribution in [2.75, 3.05) is 0 Å². The molecule has 3 heterocycles. The van der Waals surface area contributed by atoms with Crippen molar-refractivity contribution in [3.63, 3.8) is 0 Å². The average Bonchev–Trinajstić information content (AvgIpc) is 3.89. The minimum atomic E-state index is 0.432. The summed E-state index contributed by atoms with van der Waals surface area (Å²) in [5, 5.41) is 6.98. The van der Waals surface area contributed by atoms with Gasteiger partial charge in [0.2, 0.25) is 0 Å². The Morgan fingerprint density at radius 1 is 0.327 bits per heavy atom. The fourth-order valence-electron chi connectivity index (χ4n) is 8.82. The highest BCUT2D eigenvalue weighted by Crippen LogP contribution is 2.47. The molecule has 0 bridgehead atoms. The highest BCUT2D eigenvalue weighted by molar-refractivity contribution is 6.14. The van der Waals surface area contributed by atoms with Gasteiger partial charge in [0.05, 0.1) is 63.3 Å². The van der Waals surface area contributed by atoms with Crippen LogP contribution in [-0.2, 0) is 0 Å². The van der Waals surface area contributed by atoms with Crippen LogP contribution in [0.15, 0.2) is 176 Å². The van der Waals surface area contributed by atoms with Crippen LogP contribution in [0.3, 0.4) is 0 Å². The summed E-state index contributed by atoms with van der Waals surface area (Å²) in [6.45, 7) is 16.0. The molecule has 3 aromatic heterocycles. The van der Waals surface area contributed by atoms with Gasteiger partial charge in [0.1, 0.15) is 0 Å². The molecule has 0 aliphatic heterocycles. The minimum absolute atomic E-state index is 0.432. The predicted octanol–water partition coefficient (Wildman–Crippen LogP) is 13.7. The summed E-state index contributed by atoms with van der Waals surface area (Å²) in [6.07, 6.45) is 0. The fraction of sp³-hybridized carbons (Fsp3) is 0. The molecule has 0 aliphatic rings. The molecule has 5 nitrogen and oxygen atoms in total. The number of para-hydroxylation sites is 6. The average molecular weight is 700 g/mol. The van der Waals surface area contributed by atoms with Crippen LogP contribution in [0.25, 0.3) is 103 Å². The molecule has 5 heteroatoms. The molecule has 8 aromatic carbocycles. The Kier molecular flexibility index (Phi) is 6.61. The maximum atomic E-state index is 8.01. The highest BCUT2D eigenvalue weighted by Gasteiger charge is 2.27. The molecule has 55 heavy (non-hydrogen) atoms. The Labute approximate surface area is 316 Å². The van der Waals surface area contributed by atoms with Gasteiger partial charge in [0.15, 0.2) is 11.4 Å². The van der Waals surface area contributed by atoms with Crippen molar-refractivity contribution in [1.82, 2.24) is 13.7 Å². The van der Waals surface area contributed by atoms with Gasteiger partial charge < -0.3 is 13.7 Å². The van der Waals surface area contributed by atoms with Crippen molar-refractivity contribution < 1.29 is 0 Å². The smallest absolute Gasteiger partial charge is 0.177 e. The van der Waals surface area contributed by atoms with Crippen LogP contribution in [0, 0.1) is 13.1 Å². The zero-order chi connectivity index (χ0) is 36.6. The zero-order valence-electron chi connectivity index (χ0n) is 29.5. The third-order valence-corrected chi connectivity index (χ3v) is 11.0. The minimum Gasteiger partial charge on any atom is -0.307 e. The molecule has 11 rings (SSSR count). The summed E-state index contributed by atoms with van der Waals surface area (Å²) in [7, 11) is 0. The van der Waals surface area contributed by atoms with Crippen molar-refractivity contribution >= 4 is 76.8 Å². The van der Waals surface area contributed by atoms with Gasteiger partial charge in [0, 0.05) is 37.9 Å². The molecule has 0 saturated carbocycles. The first-order valence-corrected chi connectivity index (χ1v) is 18.3. The van der Waals surface area contributed by atoms with E-state index in [0.717, 1.165) is 82.8 Å². The second kappa shape index (κ2) is 11.8. The molecule has 254 valence electrons. The monoisotopic (exact) mass is 699 g/mol. The highest BCUT2D eigenvalue weighted by atomic mass is 15.1. The van der Waals surface area contributed by atoms with Crippen molar-refractivity contribution in [1.29, 1.82) is 0 Å². The number of rotatable bonds is 4. The van der Waals surface area contributed by atoms with Gasteiger partial charge in [-0.15, -0.1) is 0 Å². The van der Waals surface area contributed by atoms with E-state index in [4.69, 9.17) is 13.1 Å². The van der Waals surface area contributed by atoms with Crippen molar-refractivity contribution in [3.8, 4) is 28.2 Å². The Hall–Kier alpha value is -7.86. The summed E-state index contributed by atoms with van der Waals surface area (Å²) in [4.78, 5) is 7.66. The van der Waals surface area contributed by atoms with Crippen LogP contribution < -0.4 is 0 Å². The van der Waals surface area contributed by atoms with E-state index in [1.807, 2.05) is 12.1 Å². The van der Waals surface area contributed by atoms with Gasteiger partial charge in [-0.3, -0.25) is 0 Å². The summed E-state index contributed by atoms with van der Waals surface area (Å²) in [5.74, 6) is 0. The Balaban J connectivity index is 1.45. The number of fused-ring (bicyclic) bond motifs is 9. The van der Waals surface area contributed by atoms with Crippen LogP contribution in [0.4, 0.5) is 11.4 Å². The van der Waals surface area contributed by atoms with E-state index in [-0.39, 0.29) is 0 Å². The predicted molar refractivity (Wildman–Crippen MR) is 227 cm³/mol. The van der Waals surface area contributed by atoms with E-state index in [2.05, 4.69) is 181 Å². The number of benzene rings is 8. The van der Waals surface area contributed by atoms with Crippen LogP contribution in [-0.4, -0.2) is 13.7 Å². The molecular formula is C50H29N5. The van der Waals surface area contributed by atoms with Crippen LogP contribution in [0.1, 0.15) is 0 Å². The lowest BCUT2D eigenvalue weighted by molar-refractivity contribution is 1.05. The van der Waals surface area contributed by atoms with E-state index in [1.54, 1.807) is 6.07 Å². The molecule has 0 spiro atoms. The molecule has 0 unspecified atom stereocenters.